The highest BCUT2D eigenvalue weighted by atomic mass is 32.2. The van der Waals surface area contributed by atoms with Crippen LogP contribution in [0.4, 0.5) is 5.69 Å². The van der Waals surface area contributed by atoms with E-state index >= 15 is 0 Å². The molecule has 1 unspecified atom stereocenters. The second kappa shape index (κ2) is 8.59. The van der Waals surface area contributed by atoms with E-state index in [0.29, 0.717) is 11.4 Å². The van der Waals surface area contributed by atoms with Gasteiger partial charge in [0.25, 0.3) is 5.91 Å². The van der Waals surface area contributed by atoms with E-state index in [-0.39, 0.29) is 30.0 Å². The summed E-state index contributed by atoms with van der Waals surface area (Å²) < 4.78 is 5.16. The number of esters is 1. The largest absolute Gasteiger partial charge is 0.452 e. The number of amides is 2. The summed E-state index contributed by atoms with van der Waals surface area (Å²) in [5.41, 5.74) is 1.86. The molecule has 3 aromatic carbocycles. The summed E-state index contributed by atoms with van der Waals surface area (Å²) in [5.74, 6) is -0.757. The summed E-state index contributed by atoms with van der Waals surface area (Å²) in [5, 5.41) is 7.77. The van der Waals surface area contributed by atoms with E-state index < -0.39 is 5.97 Å². The Kier molecular flexibility index (Phi) is 5.72. The van der Waals surface area contributed by atoms with Gasteiger partial charge >= 0.3 is 5.97 Å². The maximum absolute atomic E-state index is 12.3. The Labute approximate surface area is 178 Å². The highest BCUT2D eigenvalue weighted by Crippen LogP contribution is 2.32. The molecule has 1 aliphatic rings. The third-order valence-electron chi connectivity index (χ3n) is 4.85. The van der Waals surface area contributed by atoms with E-state index in [1.54, 1.807) is 18.2 Å². The average Bonchev–Trinajstić information content (AvgIpc) is 2.76. The van der Waals surface area contributed by atoms with Crippen molar-refractivity contribution in [2.45, 2.75) is 17.9 Å². The van der Waals surface area contributed by atoms with Gasteiger partial charge < -0.3 is 15.4 Å². The number of nitrogens with one attached hydrogen (secondary N) is 2. The number of carbonyl (C=O) groups excluding carboxylic acids is 3. The van der Waals surface area contributed by atoms with Crippen molar-refractivity contribution in [1.29, 1.82) is 0 Å². The van der Waals surface area contributed by atoms with Gasteiger partial charge in [-0.25, -0.2) is 4.79 Å². The molecule has 6 nitrogen and oxygen atoms in total. The molecule has 152 valence electrons. The zero-order valence-electron chi connectivity index (χ0n) is 16.3. The van der Waals surface area contributed by atoms with Crippen LogP contribution < -0.4 is 10.6 Å². The Bertz CT molecular complexity index is 1140. The van der Waals surface area contributed by atoms with Crippen molar-refractivity contribution in [3.05, 3.63) is 71.8 Å². The molecule has 0 saturated heterocycles. The van der Waals surface area contributed by atoms with Gasteiger partial charge in [0.2, 0.25) is 5.91 Å². The lowest BCUT2D eigenvalue weighted by Gasteiger charge is -2.17. The number of hydrogen-bond donors (Lipinski definition) is 2. The predicted octanol–water partition coefficient (Wildman–Crippen LogP) is 3.92. The van der Waals surface area contributed by atoms with E-state index in [1.165, 1.54) is 11.8 Å². The Morgan fingerprint density at radius 3 is 2.80 bits per heavy atom. The summed E-state index contributed by atoms with van der Waals surface area (Å²) in [4.78, 5) is 37.1. The third-order valence-corrected chi connectivity index (χ3v) is 5.92. The molecule has 0 aliphatic carbocycles. The average molecular weight is 420 g/mol. The Morgan fingerprint density at radius 2 is 1.93 bits per heavy atom. The van der Waals surface area contributed by atoms with Crippen LogP contribution in [-0.4, -0.2) is 30.1 Å². The molecule has 2 N–H and O–H groups in total. The lowest BCUT2D eigenvalue weighted by Crippen LogP contribution is -2.31. The van der Waals surface area contributed by atoms with E-state index in [1.807, 2.05) is 49.4 Å². The maximum atomic E-state index is 12.3. The number of carbonyl (C=O) groups is 3. The van der Waals surface area contributed by atoms with Crippen molar-refractivity contribution in [2.24, 2.45) is 0 Å². The van der Waals surface area contributed by atoms with Crippen LogP contribution in [0.5, 0.6) is 0 Å². The first-order valence-corrected chi connectivity index (χ1v) is 10.5. The minimum absolute atomic E-state index is 0.111. The van der Waals surface area contributed by atoms with Gasteiger partial charge in [-0.3, -0.25) is 9.59 Å². The van der Waals surface area contributed by atoms with Gasteiger partial charge in [0.15, 0.2) is 6.61 Å². The molecule has 7 heteroatoms. The van der Waals surface area contributed by atoms with E-state index in [4.69, 9.17) is 4.74 Å². The Morgan fingerprint density at radius 1 is 1.13 bits per heavy atom. The standard InChI is InChI=1S/C23H20N2O4S/c1-14(17-8-4-6-15-5-2-3-7-18(15)17)24-21(26)12-29-23(28)16-9-10-20-19(11-16)25-22(27)13-30-20/h2-11,14H,12-13H2,1H3,(H,24,26)(H,25,27). The molecule has 1 aliphatic heterocycles. The zero-order chi connectivity index (χ0) is 21.1. The Hall–Kier alpha value is -3.32. The summed E-state index contributed by atoms with van der Waals surface area (Å²) >= 11 is 1.41. The van der Waals surface area contributed by atoms with Crippen LogP contribution in [0.1, 0.15) is 28.9 Å². The molecular formula is C23H20N2O4S. The van der Waals surface area contributed by atoms with E-state index in [0.717, 1.165) is 21.2 Å². The number of ether oxygens (including phenoxy) is 1. The molecule has 4 rings (SSSR count). The lowest BCUT2D eigenvalue weighted by molar-refractivity contribution is -0.124. The molecule has 0 saturated carbocycles. The molecule has 30 heavy (non-hydrogen) atoms. The minimum Gasteiger partial charge on any atom is -0.452 e. The van der Waals surface area contributed by atoms with Gasteiger partial charge in [-0.1, -0.05) is 42.5 Å². The van der Waals surface area contributed by atoms with Crippen molar-refractivity contribution in [3.63, 3.8) is 0 Å². The smallest absolute Gasteiger partial charge is 0.338 e. The number of thioether (sulfide) groups is 1. The fourth-order valence-corrected chi connectivity index (χ4v) is 4.20. The fraction of sp³-hybridized carbons (Fsp3) is 0.174. The predicted molar refractivity (Wildman–Crippen MR) is 117 cm³/mol. The van der Waals surface area contributed by atoms with Gasteiger partial charge in [-0.2, -0.15) is 0 Å². The fourth-order valence-electron chi connectivity index (χ4n) is 3.41. The minimum atomic E-state index is -0.615. The molecule has 2 amide bonds. The Balaban J connectivity index is 1.37. The van der Waals surface area contributed by atoms with Crippen molar-refractivity contribution in [3.8, 4) is 0 Å². The monoisotopic (exact) mass is 420 g/mol. The molecule has 0 fully saturated rings. The number of anilines is 1. The molecule has 1 heterocycles. The van der Waals surface area contributed by atoms with Crippen LogP contribution >= 0.6 is 11.8 Å². The highest BCUT2D eigenvalue weighted by Gasteiger charge is 2.19. The summed E-state index contributed by atoms with van der Waals surface area (Å²) in [7, 11) is 0. The molecule has 1 atom stereocenters. The van der Waals surface area contributed by atoms with Crippen molar-refractivity contribution in [2.75, 3.05) is 17.7 Å². The second-order valence-corrected chi connectivity index (χ2v) is 8.00. The van der Waals surface area contributed by atoms with Gasteiger partial charge in [0.1, 0.15) is 0 Å². The van der Waals surface area contributed by atoms with Crippen LogP contribution in [0, 0.1) is 0 Å². The maximum Gasteiger partial charge on any atom is 0.338 e. The second-order valence-electron chi connectivity index (χ2n) is 6.98. The first kappa shape index (κ1) is 20.0. The first-order chi connectivity index (χ1) is 14.5. The molecular weight excluding hydrogens is 400 g/mol. The zero-order valence-corrected chi connectivity index (χ0v) is 17.1. The normalized spacial score (nSPS) is 13.8. The van der Waals surface area contributed by atoms with E-state index in [2.05, 4.69) is 10.6 Å². The van der Waals surface area contributed by atoms with Gasteiger partial charge in [-0.05, 0) is 41.5 Å². The van der Waals surface area contributed by atoms with Crippen molar-refractivity contribution >= 4 is 46.0 Å². The van der Waals surface area contributed by atoms with Crippen LogP contribution in [0.15, 0.2) is 65.6 Å². The van der Waals surface area contributed by atoms with Crippen molar-refractivity contribution < 1.29 is 19.1 Å². The van der Waals surface area contributed by atoms with E-state index in [9.17, 15) is 14.4 Å². The van der Waals surface area contributed by atoms with Crippen LogP contribution in [0.3, 0.4) is 0 Å². The van der Waals surface area contributed by atoms with Gasteiger partial charge in [0.05, 0.1) is 23.0 Å². The summed E-state index contributed by atoms with van der Waals surface area (Å²) in [6.45, 7) is 1.51. The number of fused-ring (bicyclic) bond motifs is 2. The SMILES string of the molecule is CC(NC(=O)COC(=O)c1ccc2c(c1)NC(=O)CS2)c1cccc2ccccc12. The van der Waals surface area contributed by atoms with Gasteiger partial charge in [-0.15, -0.1) is 11.8 Å². The lowest BCUT2D eigenvalue weighted by atomic mass is 10.00. The molecule has 0 aromatic heterocycles. The molecule has 3 aromatic rings. The topological polar surface area (TPSA) is 84.5 Å². The quantitative estimate of drug-likeness (QED) is 0.611. The molecule has 0 radical (unpaired) electrons. The first-order valence-electron chi connectivity index (χ1n) is 9.52. The van der Waals surface area contributed by atoms with Crippen molar-refractivity contribution in [1.82, 2.24) is 5.32 Å². The third kappa shape index (κ3) is 4.31. The van der Waals surface area contributed by atoms with Crippen LogP contribution in [-0.2, 0) is 14.3 Å². The van der Waals surface area contributed by atoms with Gasteiger partial charge in [0, 0.05) is 4.90 Å². The summed E-state index contributed by atoms with van der Waals surface area (Å²) in [6, 6.07) is 18.6. The molecule has 0 bridgehead atoms. The number of hydrogen-bond acceptors (Lipinski definition) is 5. The summed E-state index contributed by atoms with van der Waals surface area (Å²) in [6.07, 6.45) is 0. The highest BCUT2D eigenvalue weighted by molar-refractivity contribution is 8.00. The molecule has 0 spiro atoms. The number of benzene rings is 3. The number of rotatable bonds is 5. The van der Waals surface area contributed by atoms with Crippen LogP contribution in [0.25, 0.3) is 10.8 Å². The van der Waals surface area contributed by atoms with Crippen LogP contribution in [0.2, 0.25) is 0 Å².